The van der Waals surface area contributed by atoms with Gasteiger partial charge in [0.15, 0.2) is 5.78 Å². The lowest BCUT2D eigenvalue weighted by Gasteiger charge is -2.10. The average Bonchev–Trinajstić information content (AvgIpc) is 2.46. The molecule has 0 radical (unpaired) electrons. The largest absolute Gasteiger partial charge is 0.496 e. The Labute approximate surface area is 127 Å². The lowest BCUT2D eigenvalue weighted by Crippen LogP contribution is -1.97. The monoisotopic (exact) mass is 307 g/mol. The molecule has 0 atom stereocenters. The lowest BCUT2D eigenvalue weighted by molar-refractivity contribution is 0.101. The van der Waals surface area contributed by atoms with Crippen molar-refractivity contribution < 1.29 is 9.53 Å². The van der Waals surface area contributed by atoms with Crippen LogP contribution in [0.4, 0.5) is 0 Å². The molecule has 20 heavy (non-hydrogen) atoms. The van der Waals surface area contributed by atoms with Crippen molar-refractivity contribution in [1.82, 2.24) is 4.98 Å². The summed E-state index contributed by atoms with van der Waals surface area (Å²) in [6, 6.07) is 9.03. The Hall–Kier alpha value is -1.52. The highest BCUT2D eigenvalue weighted by atomic mass is 35.5. The molecule has 1 aromatic carbocycles. The molecular formula is C15H14ClNO2S. The van der Waals surface area contributed by atoms with E-state index in [0.717, 1.165) is 16.3 Å². The fraction of sp³-hybridized carbons (Fsp3) is 0.200. The number of nitrogens with zero attached hydrogens (tertiary/aromatic N) is 1. The number of carbonyl (C=O) groups excluding carboxylic acids is 1. The van der Waals surface area contributed by atoms with E-state index in [4.69, 9.17) is 16.3 Å². The molecule has 1 heterocycles. The van der Waals surface area contributed by atoms with Crippen molar-refractivity contribution in [2.24, 2.45) is 0 Å². The van der Waals surface area contributed by atoms with Gasteiger partial charge in [0.1, 0.15) is 10.8 Å². The molecule has 0 amide bonds. The van der Waals surface area contributed by atoms with E-state index in [1.807, 2.05) is 12.1 Å². The molecule has 2 rings (SSSR count). The van der Waals surface area contributed by atoms with Crippen molar-refractivity contribution in [2.75, 3.05) is 7.11 Å². The number of ketones is 1. The van der Waals surface area contributed by atoms with Crippen LogP contribution in [0.3, 0.4) is 0 Å². The van der Waals surface area contributed by atoms with Crippen molar-refractivity contribution in [3.63, 3.8) is 0 Å². The predicted octanol–water partition coefficient (Wildman–Crippen LogP) is 4.24. The fourth-order valence-electron chi connectivity index (χ4n) is 1.73. The van der Waals surface area contributed by atoms with Crippen LogP contribution >= 0.6 is 23.4 Å². The van der Waals surface area contributed by atoms with Crippen LogP contribution in [0, 0.1) is 0 Å². The minimum absolute atomic E-state index is 0.0368. The third-order valence-electron chi connectivity index (χ3n) is 2.78. The highest BCUT2D eigenvalue weighted by Crippen LogP contribution is 2.31. The summed E-state index contributed by atoms with van der Waals surface area (Å²) in [4.78, 5) is 15.7. The minimum Gasteiger partial charge on any atom is -0.496 e. The second-order valence-electron chi connectivity index (χ2n) is 4.16. The Morgan fingerprint density at radius 3 is 2.85 bits per heavy atom. The van der Waals surface area contributed by atoms with Gasteiger partial charge in [-0.05, 0) is 37.3 Å². The van der Waals surface area contributed by atoms with Crippen LogP contribution in [0.25, 0.3) is 0 Å². The third kappa shape index (κ3) is 3.52. The number of hydrogen-bond donors (Lipinski definition) is 0. The number of ether oxygens (including phenoxy) is 1. The Bertz CT molecular complexity index is 631. The molecule has 0 saturated heterocycles. The number of pyridine rings is 1. The molecule has 1 aromatic heterocycles. The maximum atomic E-state index is 11.4. The minimum atomic E-state index is 0.0368. The van der Waals surface area contributed by atoms with Gasteiger partial charge in [-0.1, -0.05) is 11.6 Å². The summed E-state index contributed by atoms with van der Waals surface area (Å²) in [7, 11) is 1.62. The van der Waals surface area contributed by atoms with E-state index in [-0.39, 0.29) is 5.78 Å². The normalized spacial score (nSPS) is 10.3. The molecule has 0 spiro atoms. The molecule has 5 heteroatoms. The third-order valence-corrected chi connectivity index (χ3v) is 4.25. The van der Waals surface area contributed by atoms with Crippen LogP contribution < -0.4 is 4.74 Å². The number of aromatic nitrogens is 1. The first-order valence-electron chi connectivity index (χ1n) is 6.03. The molecule has 0 fully saturated rings. The number of hydrogen-bond acceptors (Lipinski definition) is 4. The van der Waals surface area contributed by atoms with E-state index in [2.05, 4.69) is 4.98 Å². The van der Waals surface area contributed by atoms with Crippen molar-refractivity contribution in [3.8, 4) is 5.75 Å². The Kier molecular flexibility index (Phi) is 5.04. The van der Waals surface area contributed by atoms with Crippen LogP contribution in [0.1, 0.15) is 22.8 Å². The zero-order valence-corrected chi connectivity index (χ0v) is 12.8. The molecule has 104 valence electrons. The number of methoxy groups -OCH3 is 1. The standard InChI is InChI=1S/C15H14ClNO2S/c1-10(18)11-5-6-14(19-2)12(8-11)9-20-15-13(16)4-3-7-17-15/h3-8H,9H2,1-2H3. The topological polar surface area (TPSA) is 39.2 Å². The quantitative estimate of drug-likeness (QED) is 0.612. The van der Waals surface area contributed by atoms with Gasteiger partial charge in [-0.15, -0.1) is 11.8 Å². The zero-order chi connectivity index (χ0) is 14.5. The van der Waals surface area contributed by atoms with Gasteiger partial charge in [0, 0.05) is 23.1 Å². The van der Waals surface area contributed by atoms with E-state index in [1.54, 1.807) is 38.4 Å². The number of carbonyl (C=O) groups is 1. The van der Waals surface area contributed by atoms with Gasteiger partial charge in [0.05, 0.1) is 12.1 Å². The zero-order valence-electron chi connectivity index (χ0n) is 11.2. The first kappa shape index (κ1) is 14.9. The van der Waals surface area contributed by atoms with Crippen molar-refractivity contribution in [2.45, 2.75) is 17.7 Å². The van der Waals surface area contributed by atoms with Crippen LogP contribution in [-0.4, -0.2) is 17.9 Å². The summed E-state index contributed by atoms with van der Waals surface area (Å²) in [5, 5.41) is 1.39. The van der Waals surface area contributed by atoms with Crippen LogP contribution in [0.15, 0.2) is 41.6 Å². The van der Waals surface area contributed by atoms with Gasteiger partial charge in [-0.3, -0.25) is 4.79 Å². The van der Waals surface area contributed by atoms with Gasteiger partial charge in [0.2, 0.25) is 0 Å². The second kappa shape index (κ2) is 6.77. The lowest BCUT2D eigenvalue weighted by atomic mass is 10.1. The van der Waals surface area contributed by atoms with Crippen LogP contribution in [-0.2, 0) is 5.75 Å². The molecule has 0 saturated carbocycles. The summed E-state index contributed by atoms with van der Waals surface area (Å²) in [5.74, 6) is 1.44. The fourth-order valence-corrected chi connectivity index (χ4v) is 2.88. The van der Waals surface area contributed by atoms with Crippen molar-refractivity contribution >= 4 is 29.1 Å². The van der Waals surface area contributed by atoms with Gasteiger partial charge in [-0.2, -0.15) is 0 Å². The number of Topliss-reactive ketones (excluding diaryl/α,β-unsaturated/α-hetero) is 1. The maximum absolute atomic E-state index is 11.4. The number of halogens is 1. The van der Waals surface area contributed by atoms with E-state index < -0.39 is 0 Å². The SMILES string of the molecule is COc1ccc(C(C)=O)cc1CSc1ncccc1Cl. The van der Waals surface area contributed by atoms with Gasteiger partial charge >= 0.3 is 0 Å². The maximum Gasteiger partial charge on any atom is 0.159 e. The molecule has 0 aliphatic carbocycles. The van der Waals surface area contributed by atoms with E-state index in [9.17, 15) is 4.79 Å². The molecule has 0 bridgehead atoms. The molecule has 0 N–H and O–H groups in total. The van der Waals surface area contributed by atoms with Gasteiger partial charge in [-0.25, -0.2) is 4.98 Å². The van der Waals surface area contributed by atoms with Crippen LogP contribution in [0.5, 0.6) is 5.75 Å². The summed E-state index contributed by atoms with van der Waals surface area (Å²) < 4.78 is 5.32. The van der Waals surface area contributed by atoms with Crippen LogP contribution in [0.2, 0.25) is 5.02 Å². The van der Waals surface area contributed by atoms with Crippen molar-refractivity contribution in [1.29, 1.82) is 0 Å². The molecule has 2 aromatic rings. The smallest absolute Gasteiger partial charge is 0.159 e. The summed E-state index contributed by atoms with van der Waals surface area (Å²) in [6.07, 6.45) is 1.71. The average molecular weight is 308 g/mol. The Balaban J connectivity index is 2.22. The summed E-state index contributed by atoms with van der Waals surface area (Å²) in [5.41, 5.74) is 1.63. The highest BCUT2D eigenvalue weighted by Gasteiger charge is 2.09. The number of rotatable bonds is 5. The first-order valence-corrected chi connectivity index (χ1v) is 7.39. The van der Waals surface area contributed by atoms with E-state index in [1.165, 1.54) is 11.8 Å². The van der Waals surface area contributed by atoms with E-state index in [0.29, 0.717) is 16.3 Å². The van der Waals surface area contributed by atoms with Gasteiger partial charge < -0.3 is 4.74 Å². The Morgan fingerprint density at radius 2 is 2.20 bits per heavy atom. The molecule has 0 aliphatic rings. The first-order chi connectivity index (χ1) is 9.61. The van der Waals surface area contributed by atoms with E-state index >= 15 is 0 Å². The summed E-state index contributed by atoms with van der Waals surface area (Å²) >= 11 is 7.59. The number of thioether (sulfide) groups is 1. The molecule has 0 aliphatic heterocycles. The molecule has 0 unspecified atom stereocenters. The predicted molar refractivity (Wildman–Crippen MR) is 81.8 cm³/mol. The van der Waals surface area contributed by atoms with Gasteiger partial charge in [0.25, 0.3) is 0 Å². The number of benzene rings is 1. The summed E-state index contributed by atoms with van der Waals surface area (Å²) in [6.45, 7) is 1.55. The molecular weight excluding hydrogens is 294 g/mol. The van der Waals surface area contributed by atoms with Crippen molar-refractivity contribution in [3.05, 3.63) is 52.7 Å². The Morgan fingerprint density at radius 1 is 1.40 bits per heavy atom. The highest BCUT2D eigenvalue weighted by molar-refractivity contribution is 7.98. The second-order valence-corrected chi connectivity index (χ2v) is 5.53. The molecule has 3 nitrogen and oxygen atoms in total.